The molecule has 1 aliphatic carbocycles. The van der Waals surface area contributed by atoms with E-state index in [1.54, 1.807) is 0 Å². The zero-order valence-corrected chi connectivity index (χ0v) is 13.1. The fourth-order valence-corrected chi connectivity index (χ4v) is 3.95. The first-order valence-corrected chi connectivity index (χ1v) is 8.62. The fraction of sp³-hybridized carbons (Fsp3) is 0.647. The van der Waals surface area contributed by atoms with Crippen molar-refractivity contribution < 1.29 is 0 Å². The Labute approximate surface area is 122 Å². The Balaban J connectivity index is 1.84. The van der Waals surface area contributed by atoms with Crippen LogP contribution in [0.15, 0.2) is 29.2 Å². The van der Waals surface area contributed by atoms with Crippen molar-refractivity contribution in [3.05, 3.63) is 29.8 Å². The minimum atomic E-state index is 0.843. The van der Waals surface area contributed by atoms with E-state index in [0.717, 1.165) is 24.3 Å². The molecule has 0 heterocycles. The third-order valence-electron chi connectivity index (χ3n) is 3.92. The Morgan fingerprint density at radius 2 is 2.00 bits per heavy atom. The molecule has 1 fully saturated rings. The Bertz CT molecular complexity index is 369. The smallest absolute Gasteiger partial charge is 0.0205 e. The van der Waals surface area contributed by atoms with Crippen molar-refractivity contribution in [2.24, 2.45) is 5.92 Å². The highest BCUT2D eigenvalue weighted by atomic mass is 32.2. The van der Waals surface area contributed by atoms with Gasteiger partial charge in [0.25, 0.3) is 0 Å². The lowest BCUT2D eigenvalue weighted by molar-refractivity contribution is 0.393. The molecule has 1 nitrogen and oxygen atoms in total. The first-order valence-electron chi connectivity index (χ1n) is 7.74. The van der Waals surface area contributed by atoms with Crippen LogP contribution in [0.2, 0.25) is 0 Å². The molecule has 1 aliphatic rings. The van der Waals surface area contributed by atoms with E-state index in [4.69, 9.17) is 0 Å². The molecule has 0 radical (unpaired) electrons. The molecule has 0 aliphatic heterocycles. The third kappa shape index (κ3) is 5.19. The van der Waals surface area contributed by atoms with Crippen molar-refractivity contribution in [1.82, 2.24) is 5.32 Å². The molecule has 1 saturated carbocycles. The molecule has 1 aromatic rings. The van der Waals surface area contributed by atoms with Crippen LogP contribution < -0.4 is 5.32 Å². The first-order chi connectivity index (χ1) is 9.28. The Hall–Kier alpha value is -0.470. The van der Waals surface area contributed by atoms with Crippen LogP contribution in [0.1, 0.15) is 51.5 Å². The lowest BCUT2D eigenvalue weighted by Gasteiger charge is -2.25. The van der Waals surface area contributed by atoms with Gasteiger partial charge in [-0.3, -0.25) is 0 Å². The van der Waals surface area contributed by atoms with E-state index in [-0.39, 0.29) is 0 Å². The van der Waals surface area contributed by atoms with Crippen LogP contribution in [0.5, 0.6) is 0 Å². The maximum Gasteiger partial charge on any atom is 0.0205 e. The molecule has 0 bridgehead atoms. The average Bonchev–Trinajstić information content (AvgIpc) is 2.42. The number of rotatable bonds is 6. The minimum absolute atomic E-state index is 0.843. The maximum absolute atomic E-state index is 3.48. The molecule has 0 spiro atoms. The van der Waals surface area contributed by atoms with E-state index < -0.39 is 0 Å². The van der Waals surface area contributed by atoms with E-state index in [0.29, 0.717) is 0 Å². The van der Waals surface area contributed by atoms with Gasteiger partial charge in [-0.05, 0) is 62.3 Å². The molecule has 19 heavy (non-hydrogen) atoms. The molecule has 0 aromatic heterocycles. The summed E-state index contributed by atoms with van der Waals surface area (Å²) >= 11 is 2.09. The number of nitrogens with one attached hydrogen (secondary N) is 1. The van der Waals surface area contributed by atoms with Crippen molar-refractivity contribution in [3.8, 4) is 0 Å². The third-order valence-corrected chi connectivity index (χ3v) is 5.25. The minimum Gasteiger partial charge on any atom is -0.313 e. The van der Waals surface area contributed by atoms with Crippen molar-refractivity contribution in [2.45, 2.75) is 62.6 Å². The van der Waals surface area contributed by atoms with Gasteiger partial charge in [-0.1, -0.05) is 26.0 Å². The predicted molar refractivity (Wildman–Crippen MR) is 85.7 cm³/mol. The summed E-state index contributed by atoms with van der Waals surface area (Å²) in [5, 5.41) is 4.32. The summed E-state index contributed by atoms with van der Waals surface area (Å²) in [6, 6.07) is 9.07. The highest BCUT2D eigenvalue weighted by Crippen LogP contribution is 2.35. The Kier molecular flexibility index (Phi) is 6.25. The van der Waals surface area contributed by atoms with E-state index in [1.807, 2.05) is 0 Å². The van der Waals surface area contributed by atoms with Crippen LogP contribution >= 0.6 is 11.8 Å². The fourth-order valence-electron chi connectivity index (χ4n) is 2.68. The van der Waals surface area contributed by atoms with Gasteiger partial charge in [0.05, 0.1) is 0 Å². The standard InChI is InChI=1S/C17H27NS/c1-3-11-18-13-15-5-4-6-17(12-15)19-16-9-7-14(2)8-10-16/h4-6,12,14,16,18H,3,7-11,13H2,1-2H3. The number of hydrogen-bond donors (Lipinski definition) is 1. The molecule has 2 heteroatoms. The van der Waals surface area contributed by atoms with Gasteiger partial charge in [0.15, 0.2) is 0 Å². The second-order valence-corrected chi connectivity index (χ2v) is 7.20. The Morgan fingerprint density at radius 3 is 2.74 bits per heavy atom. The van der Waals surface area contributed by atoms with E-state index in [1.165, 1.54) is 42.6 Å². The van der Waals surface area contributed by atoms with Gasteiger partial charge in [0.1, 0.15) is 0 Å². The molecule has 106 valence electrons. The highest BCUT2D eigenvalue weighted by molar-refractivity contribution is 8.00. The molecular weight excluding hydrogens is 250 g/mol. The maximum atomic E-state index is 3.48. The highest BCUT2D eigenvalue weighted by Gasteiger charge is 2.18. The summed E-state index contributed by atoms with van der Waals surface area (Å²) in [7, 11) is 0. The van der Waals surface area contributed by atoms with Crippen molar-refractivity contribution >= 4 is 11.8 Å². The van der Waals surface area contributed by atoms with Crippen LogP contribution in [0.25, 0.3) is 0 Å². The quantitative estimate of drug-likeness (QED) is 0.745. The van der Waals surface area contributed by atoms with Crippen LogP contribution in [0.3, 0.4) is 0 Å². The topological polar surface area (TPSA) is 12.0 Å². The molecule has 0 atom stereocenters. The van der Waals surface area contributed by atoms with E-state index >= 15 is 0 Å². The molecule has 0 amide bonds. The lowest BCUT2D eigenvalue weighted by Crippen LogP contribution is -2.14. The number of thioether (sulfide) groups is 1. The van der Waals surface area contributed by atoms with Crippen molar-refractivity contribution in [2.75, 3.05) is 6.54 Å². The summed E-state index contributed by atoms with van der Waals surface area (Å²) < 4.78 is 0. The lowest BCUT2D eigenvalue weighted by atomic mass is 9.91. The van der Waals surface area contributed by atoms with E-state index in [9.17, 15) is 0 Å². The summed E-state index contributed by atoms with van der Waals surface area (Å²) in [5.74, 6) is 0.946. The summed E-state index contributed by atoms with van der Waals surface area (Å²) in [6.45, 7) is 6.71. The molecule has 0 unspecified atom stereocenters. The van der Waals surface area contributed by atoms with Gasteiger partial charge in [-0.2, -0.15) is 0 Å². The molecule has 0 saturated heterocycles. The zero-order chi connectivity index (χ0) is 13.5. The first kappa shape index (κ1) is 14.9. The zero-order valence-electron chi connectivity index (χ0n) is 12.3. The SMILES string of the molecule is CCCNCc1cccc(SC2CCC(C)CC2)c1. The second kappa shape index (κ2) is 7.96. The largest absolute Gasteiger partial charge is 0.313 e. The van der Waals surface area contributed by atoms with Gasteiger partial charge < -0.3 is 5.32 Å². The van der Waals surface area contributed by atoms with Gasteiger partial charge in [0, 0.05) is 16.7 Å². The molecular formula is C17H27NS. The van der Waals surface area contributed by atoms with Gasteiger partial charge in [-0.15, -0.1) is 11.8 Å². The second-order valence-electron chi connectivity index (χ2n) is 5.82. The van der Waals surface area contributed by atoms with Gasteiger partial charge in [-0.25, -0.2) is 0 Å². The predicted octanol–water partition coefficient (Wildman–Crippen LogP) is 4.86. The number of benzene rings is 1. The van der Waals surface area contributed by atoms with Crippen LogP contribution in [0, 0.1) is 5.92 Å². The average molecular weight is 277 g/mol. The van der Waals surface area contributed by atoms with Crippen molar-refractivity contribution in [3.63, 3.8) is 0 Å². The van der Waals surface area contributed by atoms with Crippen LogP contribution in [0.4, 0.5) is 0 Å². The normalized spacial score (nSPS) is 23.5. The Morgan fingerprint density at radius 1 is 1.21 bits per heavy atom. The molecule has 1 aromatic carbocycles. The van der Waals surface area contributed by atoms with Gasteiger partial charge >= 0.3 is 0 Å². The molecule has 2 rings (SSSR count). The van der Waals surface area contributed by atoms with Crippen molar-refractivity contribution in [1.29, 1.82) is 0 Å². The van der Waals surface area contributed by atoms with Gasteiger partial charge in [0.2, 0.25) is 0 Å². The number of hydrogen-bond acceptors (Lipinski definition) is 2. The summed E-state index contributed by atoms with van der Waals surface area (Å²) in [4.78, 5) is 1.45. The summed E-state index contributed by atoms with van der Waals surface area (Å²) in [5.41, 5.74) is 1.42. The molecule has 1 N–H and O–H groups in total. The van der Waals surface area contributed by atoms with Crippen LogP contribution in [-0.4, -0.2) is 11.8 Å². The monoisotopic (exact) mass is 277 g/mol. The summed E-state index contributed by atoms with van der Waals surface area (Å²) in [6.07, 6.45) is 6.81. The van der Waals surface area contributed by atoms with Crippen LogP contribution in [-0.2, 0) is 6.54 Å². The van der Waals surface area contributed by atoms with E-state index in [2.05, 4.69) is 55.2 Å².